The number of rotatable bonds is 2. The van der Waals surface area contributed by atoms with Crippen LogP contribution in [0.2, 0.25) is 5.02 Å². The molecule has 1 atom stereocenters. The molecule has 1 aromatic rings. The molecular formula is C12H16ClFN2. The Balaban J connectivity index is 2.08. The maximum atomic E-state index is 13.6. The predicted octanol–water partition coefficient (Wildman–Crippen LogP) is 2.27. The third-order valence-electron chi connectivity index (χ3n) is 2.90. The summed E-state index contributed by atoms with van der Waals surface area (Å²) in [4.78, 5) is 2.23. The van der Waals surface area contributed by atoms with Crippen LogP contribution in [-0.2, 0) is 6.54 Å². The molecule has 1 saturated heterocycles. The van der Waals surface area contributed by atoms with Crippen LogP contribution in [0.4, 0.5) is 4.39 Å². The van der Waals surface area contributed by atoms with Crippen molar-refractivity contribution in [2.45, 2.75) is 19.5 Å². The second-order valence-corrected chi connectivity index (χ2v) is 4.70. The highest BCUT2D eigenvalue weighted by molar-refractivity contribution is 6.31. The second kappa shape index (κ2) is 5.13. The van der Waals surface area contributed by atoms with E-state index in [1.807, 2.05) is 0 Å². The van der Waals surface area contributed by atoms with E-state index in [0.29, 0.717) is 23.2 Å². The smallest absolute Gasteiger partial charge is 0.129 e. The fourth-order valence-electron chi connectivity index (χ4n) is 2.06. The third kappa shape index (κ3) is 2.73. The van der Waals surface area contributed by atoms with E-state index in [-0.39, 0.29) is 5.82 Å². The summed E-state index contributed by atoms with van der Waals surface area (Å²) in [6.45, 7) is 5.56. The topological polar surface area (TPSA) is 15.3 Å². The molecule has 0 bridgehead atoms. The molecule has 0 spiro atoms. The van der Waals surface area contributed by atoms with Crippen molar-refractivity contribution in [3.63, 3.8) is 0 Å². The second-order valence-electron chi connectivity index (χ2n) is 4.29. The molecule has 1 aromatic carbocycles. The van der Waals surface area contributed by atoms with E-state index in [1.54, 1.807) is 12.1 Å². The van der Waals surface area contributed by atoms with Gasteiger partial charge < -0.3 is 5.32 Å². The van der Waals surface area contributed by atoms with Crippen LogP contribution < -0.4 is 5.32 Å². The molecule has 1 N–H and O–H groups in total. The highest BCUT2D eigenvalue weighted by Gasteiger charge is 2.18. The maximum Gasteiger partial charge on any atom is 0.129 e. The first kappa shape index (κ1) is 11.8. The van der Waals surface area contributed by atoms with Crippen LogP contribution in [0.1, 0.15) is 12.5 Å². The van der Waals surface area contributed by atoms with Gasteiger partial charge in [-0.15, -0.1) is 0 Å². The minimum absolute atomic E-state index is 0.210. The zero-order valence-electron chi connectivity index (χ0n) is 9.34. The van der Waals surface area contributed by atoms with Crippen molar-refractivity contribution in [3.05, 3.63) is 34.6 Å². The fourth-order valence-corrected chi connectivity index (χ4v) is 2.29. The molecule has 2 nitrogen and oxygen atoms in total. The molecule has 0 saturated carbocycles. The molecule has 1 heterocycles. The first-order valence-corrected chi connectivity index (χ1v) is 5.93. The molecule has 0 aromatic heterocycles. The molecule has 1 aliphatic heterocycles. The quantitative estimate of drug-likeness (QED) is 0.856. The third-order valence-corrected chi connectivity index (χ3v) is 3.25. The molecule has 0 amide bonds. The zero-order chi connectivity index (χ0) is 11.5. The molecule has 0 aliphatic carbocycles. The van der Waals surface area contributed by atoms with Crippen molar-refractivity contribution < 1.29 is 4.39 Å². The van der Waals surface area contributed by atoms with Gasteiger partial charge in [-0.1, -0.05) is 17.7 Å². The Kier molecular flexibility index (Phi) is 3.79. The lowest BCUT2D eigenvalue weighted by molar-refractivity contribution is 0.197. The maximum absolute atomic E-state index is 13.6. The van der Waals surface area contributed by atoms with E-state index in [0.717, 1.165) is 19.6 Å². The summed E-state index contributed by atoms with van der Waals surface area (Å²) in [5.41, 5.74) is 0.610. The average molecular weight is 243 g/mol. The normalized spacial score (nSPS) is 22.3. The van der Waals surface area contributed by atoms with Crippen molar-refractivity contribution in [1.82, 2.24) is 10.2 Å². The van der Waals surface area contributed by atoms with Crippen molar-refractivity contribution in [1.29, 1.82) is 0 Å². The summed E-state index contributed by atoms with van der Waals surface area (Å²) in [7, 11) is 0. The fraction of sp³-hybridized carbons (Fsp3) is 0.500. The lowest BCUT2D eigenvalue weighted by Crippen LogP contribution is -2.48. The van der Waals surface area contributed by atoms with Gasteiger partial charge in [0, 0.05) is 42.8 Å². The monoisotopic (exact) mass is 242 g/mol. The summed E-state index contributed by atoms with van der Waals surface area (Å²) < 4.78 is 13.6. The van der Waals surface area contributed by atoms with Crippen LogP contribution in [0.3, 0.4) is 0 Å². The van der Waals surface area contributed by atoms with Gasteiger partial charge in [0.05, 0.1) is 0 Å². The van der Waals surface area contributed by atoms with E-state index in [9.17, 15) is 4.39 Å². The van der Waals surface area contributed by atoms with Gasteiger partial charge in [-0.25, -0.2) is 4.39 Å². The van der Waals surface area contributed by atoms with Crippen LogP contribution in [0.15, 0.2) is 18.2 Å². The molecule has 1 aliphatic rings. The van der Waals surface area contributed by atoms with Gasteiger partial charge in [0.2, 0.25) is 0 Å². The van der Waals surface area contributed by atoms with E-state index < -0.39 is 0 Å². The number of piperazine rings is 1. The Morgan fingerprint density at radius 1 is 1.56 bits per heavy atom. The van der Waals surface area contributed by atoms with Gasteiger partial charge in [-0.05, 0) is 19.1 Å². The first-order chi connectivity index (χ1) is 7.66. The number of hydrogen-bond donors (Lipinski definition) is 1. The molecule has 0 radical (unpaired) electrons. The zero-order valence-corrected chi connectivity index (χ0v) is 10.1. The summed E-state index contributed by atoms with van der Waals surface area (Å²) in [6.07, 6.45) is 0. The number of hydrogen-bond acceptors (Lipinski definition) is 2. The van der Waals surface area contributed by atoms with Gasteiger partial charge in [0.15, 0.2) is 0 Å². The minimum atomic E-state index is -0.210. The van der Waals surface area contributed by atoms with Crippen LogP contribution in [0, 0.1) is 5.82 Å². The van der Waals surface area contributed by atoms with Crippen molar-refractivity contribution in [3.8, 4) is 0 Å². The molecule has 16 heavy (non-hydrogen) atoms. The van der Waals surface area contributed by atoms with E-state index in [2.05, 4.69) is 17.1 Å². The van der Waals surface area contributed by atoms with E-state index in [4.69, 9.17) is 11.6 Å². The minimum Gasteiger partial charge on any atom is -0.312 e. The van der Waals surface area contributed by atoms with Gasteiger partial charge in [0.1, 0.15) is 5.82 Å². The Bertz CT molecular complexity index is 350. The van der Waals surface area contributed by atoms with Crippen molar-refractivity contribution >= 4 is 11.6 Å². The Labute approximate surface area is 100 Å². The SMILES string of the molecule is C[C@H]1CN(Cc2c(F)cccc2Cl)CCN1. The number of nitrogens with zero attached hydrogens (tertiary/aromatic N) is 1. The van der Waals surface area contributed by atoms with Crippen LogP contribution in [0.25, 0.3) is 0 Å². The molecule has 1 fully saturated rings. The van der Waals surface area contributed by atoms with Crippen LogP contribution in [0.5, 0.6) is 0 Å². The number of benzene rings is 1. The Hall–Kier alpha value is -0.640. The molecular weight excluding hydrogens is 227 g/mol. The Morgan fingerprint density at radius 3 is 3.06 bits per heavy atom. The highest BCUT2D eigenvalue weighted by Crippen LogP contribution is 2.21. The van der Waals surface area contributed by atoms with Crippen molar-refractivity contribution in [2.75, 3.05) is 19.6 Å². The summed E-state index contributed by atoms with van der Waals surface area (Å²) >= 11 is 6.00. The standard InChI is InChI=1S/C12H16ClFN2/c1-9-7-16(6-5-15-9)8-10-11(13)3-2-4-12(10)14/h2-4,9,15H,5-8H2,1H3/t9-/m0/s1. The van der Waals surface area contributed by atoms with Gasteiger partial charge >= 0.3 is 0 Å². The highest BCUT2D eigenvalue weighted by atomic mass is 35.5. The van der Waals surface area contributed by atoms with Crippen LogP contribution >= 0.6 is 11.6 Å². The van der Waals surface area contributed by atoms with Crippen molar-refractivity contribution in [2.24, 2.45) is 0 Å². The number of nitrogens with one attached hydrogen (secondary N) is 1. The Morgan fingerprint density at radius 2 is 2.38 bits per heavy atom. The van der Waals surface area contributed by atoms with Gasteiger partial charge in [0.25, 0.3) is 0 Å². The average Bonchev–Trinajstić information content (AvgIpc) is 2.24. The summed E-state index contributed by atoms with van der Waals surface area (Å²) in [6, 6.07) is 5.30. The lowest BCUT2D eigenvalue weighted by Gasteiger charge is -2.32. The summed E-state index contributed by atoms with van der Waals surface area (Å²) in [5.74, 6) is -0.210. The predicted molar refractivity (Wildman–Crippen MR) is 64.2 cm³/mol. The molecule has 2 rings (SSSR count). The van der Waals surface area contributed by atoms with Crippen LogP contribution in [-0.4, -0.2) is 30.6 Å². The van der Waals surface area contributed by atoms with E-state index in [1.165, 1.54) is 6.07 Å². The van der Waals surface area contributed by atoms with Gasteiger partial charge in [-0.3, -0.25) is 4.90 Å². The molecule has 0 unspecified atom stereocenters. The van der Waals surface area contributed by atoms with Gasteiger partial charge in [-0.2, -0.15) is 0 Å². The lowest BCUT2D eigenvalue weighted by atomic mass is 10.1. The molecule has 4 heteroatoms. The largest absolute Gasteiger partial charge is 0.312 e. The first-order valence-electron chi connectivity index (χ1n) is 5.55. The van der Waals surface area contributed by atoms with E-state index >= 15 is 0 Å². The summed E-state index contributed by atoms with van der Waals surface area (Å²) in [5, 5.41) is 3.88. The molecule has 88 valence electrons. The number of halogens is 2.